The van der Waals surface area contributed by atoms with Crippen LogP contribution in [0.1, 0.15) is 0 Å². The first kappa shape index (κ1) is 10.4. The van der Waals surface area contributed by atoms with E-state index in [1.807, 2.05) is 0 Å². The van der Waals surface area contributed by atoms with E-state index < -0.39 is 5.91 Å². The van der Waals surface area contributed by atoms with Crippen LogP contribution in [0.5, 0.6) is 0 Å². The van der Waals surface area contributed by atoms with Gasteiger partial charge in [0.15, 0.2) is 0 Å². The van der Waals surface area contributed by atoms with Crippen LogP contribution in [0, 0.1) is 0 Å². The Labute approximate surface area is 78.2 Å². The van der Waals surface area contributed by atoms with Crippen molar-refractivity contribution in [2.45, 2.75) is 6.04 Å². The fourth-order valence-corrected chi connectivity index (χ4v) is 1.34. The van der Waals surface area contributed by atoms with E-state index in [0.717, 1.165) is 19.6 Å². The summed E-state index contributed by atoms with van der Waals surface area (Å²) in [5.41, 5.74) is 4.95. The lowest BCUT2D eigenvalue weighted by atomic mass is 10.2. The maximum Gasteiger partial charge on any atom is 0.243 e. The predicted molar refractivity (Wildman–Crippen MR) is 49.3 cm³/mol. The van der Waals surface area contributed by atoms with Gasteiger partial charge in [0.25, 0.3) is 0 Å². The maximum absolute atomic E-state index is 10.4. The Kier molecular flexibility index (Phi) is 4.14. The molecule has 1 rings (SSSR count). The Balaban J connectivity index is 2.15. The Hall–Kier alpha value is -0.650. The van der Waals surface area contributed by atoms with E-state index in [1.165, 1.54) is 0 Å². The summed E-state index contributed by atoms with van der Waals surface area (Å²) in [6.07, 6.45) is 0. The average Bonchev–Trinajstić information content (AvgIpc) is 2.08. The number of hydrogen-bond acceptors (Lipinski definition) is 4. The van der Waals surface area contributed by atoms with E-state index in [9.17, 15) is 4.79 Å². The minimum absolute atomic E-state index is 0.0182. The Morgan fingerprint density at radius 3 is 3.15 bits per heavy atom. The number of piperazine rings is 1. The fourth-order valence-electron chi connectivity index (χ4n) is 1.34. The Bertz CT molecular complexity index is 175. The highest BCUT2D eigenvalue weighted by Gasteiger charge is 2.18. The van der Waals surface area contributed by atoms with Crippen molar-refractivity contribution < 1.29 is 9.53 Å². The van der Waals surface area contributed by atoms with E-state index in [1.54, 1.807) is 0 Å². The largest absolute Gasteiger partial charge is 0.370 e. The standard InChI is InChI=1S/C8H17N3O2/c1-11-3-2-10-4-7(11)5-13-6-8(9)12/h7,10H,2-6H2,1H3,(H2,9,12). The number of amides is 1. The number of carbonyl (C=O) groups excluding carboxylic acids is 1. The number of primary amides is 1. The number of likely N-dealkylation sites (N-methyl/N-ethyl adjacent to an activating group) is 1. The third-order valence-electron chi connectivity index (χ3n) is 2.20. The zero-order valence-corrected chi connectivity index (χ0v) is 7.95. The van der Waals surface area contributed by atoms with Gasteiger partial charge in [0.1, 0.15) is 6.61 Å². The van der Waals surface area contributed by atoms with Gasteiger partial charge in [0.05, 0.1) is 6.61 Å². The molecule has 0 radical (unpaired) electrons. The van der Waals surface area contributed by atoms with Gasteiger partial charge in [-0.05, 0) is 7.05 Å². The molecule has 1 amide bonds. The molecule has 0 aliphatic carbocycles. The second kappa shape index (κ2) is 5.16. The van der Waals surface area contributed by atoms with E-state index in [-0.39, 0.29) is 6.61 Å². The maximum atomic E-state index is 10.4. The molecule has 5 nitrogen and oxygen atoms in total. The summed E-state index contributed by atoms with van der Waals surface area (Å²) in [6, 6.07) is 0.355. The molecule has 1 fully saturated rings. The topological polar surface area (TPSA) is 67.6 Å². The van der Waals surface area contributed by atoms with Crippen LogP contribution in [-0.2, 0) is 9.53 Å². The highest BCUT2D eigenvalue weighted by atomic mass is 16.5. The van der Waals surface area contributed by atoms with E-state index in [4.69, 9.17) is 10.5 Å². The number of hydrogen-bond donors (Lipinski definition) is 2. The quantitative estimate of drug-likeness (QED) is 0.556. The van der Waals surface area contributed by atoms with Crippen LogP contribution in [0.15, 0.2) is 0 Å². The Morgan fingerprint density at radius 2 is 2.54 bits per heavy atom. The van der Waals surface area contributed by atoms with Gasteiger partial charge >= 0.3 is 0 Å². The average molecular weight is 187 g/mol. The van der Waals surface area contributed by atoms with Gasteiger partial charge in [0.2, 0.25) is 5.91 Å². The van der Waals surface area contributed by atoms with Crippen molar-refractivity contribution in [3.05, 3.63) is 0 Å². The second-order valence-electron chi connectivity index (χ2n) is 3.32. The number of nitrogens with zero attached hydrogens (tertiary/aromatic N) is 1. The summed E-state index contributed by atoms with van der Waals surface area (Å²) >= 11 is 0. The van der Waals surface area contributed by atoms with Crippen molar-refractivity contribution in [2.75, 3.05) is 39.9 Å². The molecule has 1 heterocycles. The Morgan fingerprint density at radius 1 is 1.77 bits per heavy atom. The van der Waals surface area contributed by atoms with Gasteiger partial charge in [-0.15, -0.1) is 0 Å². The van der Waals surface area contributed by atoms with E-state index in [0.29, 0.717) is 12.6 Å². The molecule has 13 heavy (non-hydrogen) atoms. The van der Waals surface area contributed by atoms with Gasteiger partial charge < -0.3 is 15.8 Å². The lowest BCUT2D eigenvalue weighted by Crippen LogP contribution is -2.51. The summed E-state index contributed by atoms with van der Waals surface area (Å²) in [5, 5.41) is 3.27. The lowest BCUT2D eigenvalue weighted by Gasteiger charge is -2.32. The number of ether oxygens (including phenoxy) is 1. The minimum atomic E-state index is -0.411. The van der Waals surface area contributed by atoms with Crippen molar-refractivity contribution in [1.29, 1.82) is 0 Å². The molecule has 1 saturated heterocycles. The lowest BCUT2D eigenvalue weighted by molar-refractivity contribution is -0.123. The highest BCUT2D eigenvalue weighted by molar-refractivity contribution is 5.74. The molecule has 1 unspecified atom stereocenters. The minimum Gasteiger partial charge on any atom is -0.370 e. The first-order valence-electron chi connectivity index (χ1n) is 4.47. The van der Waals surface area contributed by atoms with Crippen LogP contribution in [-0.4, -0.2) is 56.7 Å². The molecule has 1 aliphatic heterocycles. The van der Waals surface area contributed by atoms with Crippen molar-refractivity contribution >= 4 is 5.91 Å². The molecule has 1 atom stereocenters. The third kappa shape index (κ3) is 3.71. The molecule has 76 valence electrons. The van der Waals surface area contributed by atoms with E-state index in [2.05, 4.69) is 17.3 Å². The molecular formula is C8H17N3O2. The molecule has 0 aromatic heterocycles. The summed E-state index contributed by atoms with van der Waals surface area (Å²) in [4.78, 5) is 12.6. The van der Waals surface area contributed by atoms with Crippen molar-refractivity contribution in [3.63, 3.8) is 0 Å². The SMILES string of the molecule is CN1CCNCC1COCC(N)=O. The molecule has 3 N–H and O–H groups in total. The number of carbonyl (C=O) groups is 1. The zero-order chi connectivity index (χ0) is 9.68. The molecule has 0 bridgehead atoms. The molecule has 0 aromatic carbocycles. The second-order valence-corrected chi connectivity index (χ2v) is 3.32. The van der Waals surface area contributed by atoms with Gasteiger partial charge in [-0.25, -0.2) is 0 Å². The summed E-state index contributed by atoms with van der Waals surface area (Å²) in [7, 11) is 2.05. The third-order valence-corrected chi connectivity index (χ3v) is 2.20. The van der Waals surface area contributed by atoms with E-state index >= 15 is 0 Å². The first-order chi connectivity index (χ1) is 6.20. The summed E-state index contributed by atoms with van der Waals surface area (Å²) in [6.45, 7) is 3.53. The van der Waals surface area contributed by atoms with Crippen LogP contribution in [0.3, 0.4) is 0 Å². The van der Waals surface area contributed by atoms with Crippen molar-refractivity contribution in [3.8, 4) is 0 Å². The molecule has 0 aromatic rings. The zero-order valence-electron chi connectivity index (χ0n) is 7.95. The van der Waals surface area contributed by atoms with Crippen molar-refractivity contribution in [1.82, 2.24) is 10.2 Å². The fraction of sp³-hybridized carbons (Fsp3) is 0.875. The van der Waals surface area contributed by atoms with Gasteiger partial charge in [0, 0.05) is 25.7 Å². The van der Waals surface area contributed by atoms with Crippen molar-refractivity contribution in [2.24, 2.45) is 5.73 Å². The molecule has 1 aliphatic rings. The van der Waals surface area contributed by atoms with Crippen LogP contribution < -0.4 is 11.1 Å². The first-order valence-corrected chi connectivity index (χ1v) is 4.47. The normalized spacial score (nSPS) is 24.5. The molecule has 5 heteroatoms. The van der Waals surface area contributed by atoms with Gasteiger partial charge in [-0.3, -0.25) is 9.69 Å². The number of nitrogens with two attached hydrogens (primary N) is 1. The molecule has 0 saturated carbocycles. The van der Waals surface area contributed by atoms with Crippen LogP contribution in [0.2, 0.25) is 0 Å². The number of nitrogens with one attached hydrogen (secondary N) is 1. The van der Waals surface area contributed by atoms with Crippen LogP contribution in [0.25, 0.3) is 0 Å². The summed E-state index contributed by atoms with van der Waals surface area (Å²) < 4.78 is 5.15. The predicted octanol–water partition coefficient (Wildman–Crippen LogP) is -1.61. The smallest absolute Gasteiger partial charge is 0.243 e. The van der Waals surface area contributed by atoms with Gasteiger partial charge in [-0.2, -0.15) is 0 Å². The summed E-state index contributed by atoms with van der Waals surface area (Å²) in [5.74, 6) is -0.411. The molecule has 0 spiro atoms. The van der Waals surface area contributed by atoms with Crippen LogP contribution in [0.4, 0.5) is 0 Å². The van der Waals surface area contributed by atoms with Crippen LogP contribution >= 0.6 is 0 Å². The van der Waals surface area contributed by atoms with Gasteiger partial charge in [-0.1, -0.05) is 0 Å². The monoisotopic (exact) mass is 187 g/mol. The molecular weight excluding hydrogens is 170 g/mol. The highest BCUT2D eigenvalue weighted by Crippen LogP contribution is 1.99. The number of rotatable bonds is 4.